The van der Waals surface area contributed by atoms with E-state index in [1.807, 2.05) is 20.8 Å². The van der Waals surface area contributed by atoms with Crippen LogP contribution in [0.3, 0.4) is 0 Å². The Morgan fingerprint density at radius 2 is 1.78 bits per heavy atom. The molecule has 0 radical (unpaired) electrons. The molecule has 2 aromatic carbocycles. The van der Waals surface area contributed by atoms with Crippen LogP contribution in [0.1, 0.15) is 26.3 Å². The fourth-order valence-corrected chi connectivity index (χ4v) is 1.96. The van der Waals surface area contributed by atoms with E-state index in [2.05, 4.69) is 47.8 Å². The number of hydrogen-bond donors (Lipinski definition) is 2. The SMILES string of the molecule is CC(NCc1cccc2ccccc12)C(C)(C)O. The van der Waals surface area contributed by atoms with Crippen LogP contribution < -0.4 is 5.32 Å². The number of hydrogen-bond acceptors (Lipinski definition) is 2. The minimum Gasteiger partial charge on any atom is -0.389 e. The maximum Gasteiger partial charge on any atom is 0.0741 e. The van der Waals surface area contributed by atoms with Crippen molar-refractivity contribution in [2.24, 2.45) is 0 Å². The van der Waals surface area contributed by atoms with E-state index in [1.165, 1.54) is 16.3 Å². The average Bonchev–Trinajstić information content (AvgIpc) is 2.34. The molecule has 0 aliphatic heterocycles. The molecule has 2 heteroatoms. The molecule has 1 atom stereocenters. The zero-order valence-electron chi connectivity index (χ0n) is 11.3. The van der Waals surface area contributed by atoms with Crippen LogP contribution in [0.2, 0.25) is 0 Å². The first kappa shape index (κ1) is 13.1. The van der Waals surface area contributed by atoms with E-state index < -0.39 is 5.60 Å². The van der Waals surface area contributed by atoms with Gasteiger partial charge in [-0.3, -0.25) is 0 Å². The largest absolute Gasteiger partial charge is 0.389 e. The van der Waals surface area contributed by atoms with Crippen molar-refractivity contribution in [2.75, 3.05) is 0 Å². The predicted octanol–water partition coefficient (Wildman–Crippen LogP) is 3.09. The van der Waals surface area contributed by atoms with Crippen LogP contribution in [0.15, 0.2) is 42.5 Å². The van der Waals surface area contributed by atoms with Crippen molar-refractivity contribution >= 4 is 10.8 Å². The first-order valence-corrected chi connectivity index (χ1v) is 6.41. The number of benzene rings is 2. The van der Waals surface area contributed by atoms with Crippen molar-refractivity contribution < 1.29 is 5.11 Å². The van der Waals surface area contributed by atoms with E-state index >= 15 is 0 Å². The van der Waals surface area contributed by atoms with Gasteiger partial charge in [-0.25, -0.2) is 0 Å². The standard InChI is InChI=1S/C16H21NO/c1-12(16(2,3)18)17-11-14-9-6-8-13-7-4-5-10-15(13)14/h4-10,12,17-18H,11H2,1-3H3. The van der Waals surface area contributed by atoms with Gasteiger partial charge in [0.15, 0.2) is 0 Å². The molecule has 0 amide bonds. The number of nitrogens with one attached hydrogen (secondary N) is 1. The maximum absolute atomic E-state index is 9.91. The van der Waals surface area contributed by atoms with Crippen molar-refractivity contribution in [1.82, 2.24) is 5.32 Å². The summed E-state index contributed by atoms with van der Waals surface area (Å²) in [6.45, 7) is 6.43. The Hall–Kier alpha value is -1.38. The van der Waals surface area contributed by atoms with Gasteiger partial charge in [0.1, 0.15) is 0 Å². The van der Waals surface area contributed by atoms with Crippen molar-refractivity contribution in [3.05, 3.63) is 48.0 Å². The van der Waals surface area contributed by atoms with E-state index in [-0.39, 0.29) is 6.04 Å². The zero-order valence-corrected chi connectivity index (χ0v) is 11.3. The molecular weight excluding hydrogens is 222 g/mol. The lowest BCUT2D eigenvalue weighted by molar-refractivity contribution is 0.0437. The minimum atomic E-state index is -0.704. The number of fused-ring (bicyclic) bond motifs is 1. The quantitative estimate of drug-likeness (QED) is 0.865. The second-order valence-electron chi connectivity index (χ2n) is 5.39. The van der Waals surface area contributed by atoms with Crippen LogP contribution in [-0.4, -0.2) is 16.7 Å². The van der Waals surface area contributed by atoms with Gasteiger partial charge in [-0.1, -0.05) is 42.5 Å². The summed E-state index contributed by atoms with van der Waals surface area (Å²) in [6.07, 6.45) is 0. The molecule has 2 rings (SSSR count). The summed E-state index contributed by atoms with van der Waals surface area (Å²) in [7, 11) is 0. The molecule has 0 aliphatic rings. The molecule has 18 heavy (non-hydrogen) atoms. The van der Waals surface area contributed by atoms with E-state index in [9.17, 15) is 5.11 Å². The molecule has 96 valence electrons. The van der Waals surface area contributed by atoms with Gasteiger partial charge in [0, 0.05) is 12.6 Å². The van der Waals surface area contributed by atoms with Crippen molar-refractivity contribution in [3.8, 4) is 0 Å². The van der Waals surface area contributed by atoms with Crippen LogP contribution in [0.25, 0.3) is 10.8 Å². The highest BCUT2D eigenvalue weighted by Crippen LogP contribution is 2.19. The zero-order chi connectivity index (χ0) is 13.2. The lowest BCUT2D eigenvalue weighted by atomic mass is 9.99. The maximum atomic E-state index is 9.91. The summed E-state index contributed by atoms with van der Waals surface area (Å²) in [4.78, 5) is 0. The van der Waals surface area contributed by atoms with Gasteiger partial charge < -0.3 is 10.4 Å². The molecule has 1 unspecified atom stereocenters. The Balaban J connectivity index is 2.18. The van der Waals surface area contributed by atoms with Gasteiger partial charge in [-0.2, -0.15) is 0 Å². The first-order chi connectivity index (χ1) is 8.48. The molecule has 2 N–H and O–H groups in total. The topological polar surface area (TPSA) is 32.3 Å². The van der Waals surface area contributed by atoms with Gasteiger partial charge in [-0.05, 0) is 37.1 Å². The molecule has 0 aliphatic carbocycles. The van der Waals surface area contributed by atoms with Crippen molar-refractivity contribution in [1.29, 1.82) is 0 Å². The van der Waals surface area contributed by atoms with Gasteiger partial charge in [0.2, 0.25) is 0 Å². The Labute approximate surface area is 109 Å². The van der Waals surface area contributed by atoms with Crippen LogP contribution in [-0.2, 0) is 6.54 Å². The lowest BCUT2D eigenvalue weighted by Crippen LogP contribution is -2.44. The minimum absolute atomic E-state index is 0.0523. The van der Waals surface area contributed by atoms with E-state index in [0.29, 0.717) is 0 Å². The Bertz CT molecular complexity index is 523. The molecule has 2 aromatic rings. The molecule has 0 spiro atoms. The van der Waals surface area contributed by atoms with Crippen LogP contribution in [0.5, 0.6) is 0 Å². The lowest BCUT2D eigenvalue weighted by Gasteiger charge is -2.27. The van der Waals surface area contributed by atoms with Gasteiger partial charge >= 0.3 is 0 Å². The first-order valence-electron chi connectivity index (χ1n) is 6.41. The summed E-state index contributed by atoms with van der Waals surface area (Å²) in [5.74, 6) is 0. The second-order valence-corrected chi connectivity index (χ2v) is 5.39. The average molecular weight is 243 g/mol. The monoisotopic (exact) mass is 243 g/mol. The fourth-order valence-electron chi connectivity index (χ4n) is 1.96. The van der Waals surface area contributed by atoms with Crippen LogP contribution >= 0.6 is 0 Å². The van der Waals surface area contributed by atoms with E-state index in [4.69, 9.17) is 0 Å². The normalized spacial score (nSPS) is 13.8. The molecule has 0 aromatic heterocycles. The van der Waals surface area contributed by atoms with Gasteiger partial charge in [-0.15, -0.1) is 0 Å². The number of aliphatic hydroxyl groups is 1. The highest BCUT2D eigenvalue weighted by Gasteiger charge is 2.21. The Kier molecular flexibility index (Phi) is 3.69. The highest BCUT2D eigenvalue weighted by molar-refractivity contribution is 5.85. The Morgan fingerprint density at radius 3 is 2.50 bits per heavy atom. The van der Waals surface area contributed by atoms with Gasteiger partial charge in [0.25, 0.3) is 0 Å². The molecule has 0 heterocycles. The molecule has 0 fully saturated rings. The van der Waals surface area contributed by atoms with Crippen LogP contribution in [0.4, 0.5) is 0 Å². The third kappa shape index (κ3) is 2.89. The summed E-state index contributed by atoms with van der Waals surface area (Å²) < 4.78 is 0. The molecule has 2 nitrogen and oxygen atoms in total. The summed E-state index contributed by atoms with van der Waals surface area (Å²) in [5.41, 5.74) is 0.564. The molecule has 0 saturated carbocycles. The van der Waals surface area contributed by atoms with E-state index in [1.54, 1.807) is 0 Å². The fraction of sp³-hybridized carbons (Fsp3) is 0.375. The summed E-state index contributed by atoms with van der Waals surface area (Å²) in [6, 6.07) is 14.8. The van der Waals surface area contributed by atoms with E-state index in [0.717, 1.165) is 6.54 Å². The van der Waals surface area contributed by atoms with Crippen molar-refractivity contribution in [3.63, 3.8) is 0 Å². The number of rotatable bonds is 4. The molecule has 0 saturated heterocycles. The molecule has 0 bridgehead atoms. The summed E-state index contributed by atoms with van der Waals surface area (Å²) in [5, 5.41) is 15.8. The Morgan fingerprint density at radius 1 is 1.11 bits per heavy atom. The van der Waals surface area contributed by atoms with Crippen molar-refractivity contribution in [2.45, 2.75) is 39.0 Å². The highest BCUT2D eigenvalue weighted by atomic mass is 16.3. The predicted molar refractivity (Wildman–Crippen MR) is 76.5 cm³/mol. The van der Waals surface area contributed by atoms with Crippen LogP contribution in [0, 0.1) is 0 Å². The smallest absolute Gasteiger partial charge is 0.0741 e. The third-order valence-corrected chi connectivity index (χ3v) is 3.54. The second kappa shape index (κ2) is 5.09. The van der Waals surface area contributed by atoms with Gasteiger partial charge in [0.05, 0.1) is 5.60 Å². The molecular formula is C16H21NO. The third-order valence-electron chi connectivity index (χ3n) is 3.54. The summed E-state index contributed by atoms with van der Waals surface area (Å²) >= 11 is 0.